The minimum atomic E-state index is -0.526. The topological polar surface area (TPSA) is 0 Å². The Kier molecular flexibility index (Phi) is 6.04. The Labute approximate surface area is 88.2 Å². The van der Waals surface area contributed by atoms with E-state index in [9.17, 15) is 0 Å². The Morgan fingerprint density at radius 2 is 1.31 bits per heavy atom. The number of rotatable bonds is 2. The summed E-state index contributed by atoms with van der Waals surface area (Å²) in [5.74, 6) is 0. The summed E-state index contributed by atoms with van der Waals surface area (Å²) in [5.41, 5.74) is 0. The van der Waals surface area contributed by atoms with Crippen molar-refractivity contribution < 1.29 is 32.3 Å². The molecule has 2 aliphatic rings. The SMILES string of the molecule is C1=CC[C]([Hf][C]2=CC=CC2)=C1.F.F. The third kappa shape index (κ3) is 3.51. The minimum Gasteiger partial charge on any atom is -0.269 e. The third-order valence-electron chi connectivity index (χ3n) is 1.86. The fraction of sp³-hybridized carbons (Fsp3) is 0.200. The van der Waals surface area contributed by atoms with Crippen LogP contribution in [0.3, 0.4) is 0 Å². The van der Waals surface area contributed by atoms with Crippen molar-refractivity contribution in [2.75, 3.05) is 0 Å². The Hall–Kier alpha value is -0.310. The van der Waals surface area contributed by atoms with Gasteiger partial charge in [-0.2, -0.15) is 0 Å². The van der Waals surface area contributed by atoms with E-state index >= 15 is 0 Å². The fourth-order valence-electron chi connectivity index (χ4n) is 1.29. The van der Waals surface area contributed by atoms with Gasteiger partial charge in [0.05, 0.1) is 0 Å². The first-order valence-electron chi connectivity index (χ1n) is 3.93. The molecule has 0 spiro atoms. The normalized spacial score (nSPS) is 17.2. The van der Waals surface area contributed by atoms with Crippen molar-refractivity contribution in [2.45, 2.75) is 12.8 Å². The molecule has 0 aromatic carbocycles. The molecule has 0 fully saturated rings. The number of hydrogen-bond acceptors (Lipinski definition) is 0. The van der Waals surface area contributed by atoms with Crippen LogP contribution in [-0.2, 0) is 22.9 Å². The zero-order valence-corrected chi connectivity index (χ0v) is 10.8. The Morgan fingerprint density at radius 1 is 0.846 bits per heavy atom. The van der Waals surface area contributed by atoms with E-state index in [1.807, 2.05) is 0 Å². The summed E-state index contributed by atoms with van der Waals surface area (Å²) in [6, 6.07) is 0. The van der Waals surface area contributed by atoms with E-state index in [1.165, 1.54) is 12.8 Å². The van der Waals surface area contributed by atoms with E-state index in [-0.39, 0.29) is 9.41 Å². The summed E-state index contributed by atoms with van der Waals surface area (Å²) in [5, 5.41) is 0. The largest absolute Gasteiger partial charge is 0.269 e. The molecule has 0 nitrogen and oxygen atoms in total. The van der Waals surface area contributed by atoms with Gasteiger partial charge in [0, 0.05) is 0 Å². The molecule has 13 heavy (non-hydrogen) atoms. The van der Waals surface area contributed by atoms with Crippen molar-refractivity contribution in [3.63, 3.8) is 0 Å². The van der Waals surface area contributed by atoms with E-state index in [2.05, 4.69) is 36.5 Å². The molecular formula is C10H12F2Hf. The van der Waals surface area contributed by atoms with Crippen LogP contribution in [0.2, 0.25) is 0 Å². The van der Waals surface area contributed by atoms with Gasteiger partial charge < -0.3 is 0 Å². The van der Waals surface area contributed by atoms with Gasteiger partial charge in [0.15, 0.2) is 0 Å². The van der Waals surface area contributed by atoms with Crippen molar-refractivity contribution in [3.8, 4) is 0 Å². The molecule has 0 amide bonds. The average Bonchev–Trinajstić information content (AvgIpc) is 2.60. The molecule has 0 bridgehead atoms. The van der Waals surface area contributed by atoms with Gasteiger partial charge in [-0.05, 0) is 0 Å². The van der Waals surface area contributed by atoms with Gasteiger partial charge in [-0.3, -0.25) is 9.41 Å². The van der Waals surface area contributed by atoms with Gasteiger partial charge in [0.1, 0.15) is 0 Å². The van der Waals surface area contributed by atoms with E-state index in [1.54, 1.807) is 6.66 Å². The third-order valence-corrected chi connectivity index (χ3v) is 6.84. The molecule has 2 rings (SSSR count). The smallest absolute Gasteiger partial charge is 0.269 e. The van der Waals surface area contributed by atoms with Gasteiger partial charge >= 0.3 is 78.9 Å². The number of halogens is 2. The number of allylic oxidation sites excluding steroid dienone is 8. The molecule has 0 saturated carbocycles. The van der Waals surface area contributed by atoms with Crippen LogP contribution in [0.5, 0.6) is 0 Å². The molecule has 3 heteroatoms. The predicted molar refractivity (Wildman–Crippen MR) is 48.7 cm³/mol. The van der Waals surface area contributed by atoms with Gasteiger partial charge in [-0.15, -0.1) is 0 Å². The zero-order valence-electron chi connectivity index (χ0n) is 7.19. The summed E-state index contributed by atoms with van der Waals surface area (Å²) in [6.07, 6.45) is 16.1. The zero-order chi connectivity index (χ0) is 7.52. The average molecular weight is 349 g/mol. The second-order valence-corrected chi connectivity index (χ2v) is 8.29. The maximum atomic E-state index is 2.32. The van der Waals surface area contributed by atoms with Crippen LogP contribution in [0.15, 0.2) is 43.1 Å². The van der Waals surface area contributed by atoms with Crippen LogP contribution < -0.4 is 0 Å². The summed E-state index contributed by atoms with van der Waals surface area (Å²) >= 11 is -0.526. The fourth-order valence-corrected chi connectivity index (χ4v) is 5.64. The summed E-state index contributed by atoms with van der Waals surface area (Å²) in [4.78, 5) is 0. The van der Waals surface area contributed by atoms with Gasteiger partial charge in [-0.25, -0.2) is 0 Å². The van der Waals surface area contributed by atoms with Gasteiger partial charge in [0.2, 0.25) is 0 Å². The van der Waals surface area contributed by atoms with E-state index in [0.717, 1.165) is 0 Å². The first-order chi connectivity index (χ1) is 5.45. The molecular weight excluding hydrogens is 337 g/mol. The maximum absolute atomic E-state index is 2.32. The molecule has 0 atom stereocenters. The van der Waals surface area contributed by atoms with Crippen molar-refractivity contribution in [2.24, 2.45) is 0 Å². The Morgan fingerprint density at radius 3 is 1.62 bits per heavy atom. The maximum Gasteiger partial charge on any atom is -0.269 e. The van der Waals surface area contributed by atoms with Gasteiger partial charge in [-0.1, -0.05) is 0 Å². The second-order valence-electron chi connectivity index (χ2n) is 2.77. The van der Waals surface area contributed by atoms with Gasteiger partial charge in [0.25, 0.3) is 0 Å². The molecule has 2 aliphatic carbocycles. The van der Waals surface area contributed by atoms with Crippen molar-refractivity contribution >= 4 is 0 Å². The van der Waals surface area contributed by atoms with Crippen molar-refractivity contribution in [1.29, 1.82) is 0 Å². The molecule has 0 heterocycles. The van der Waals surface area contributed by atoms with Crippen LogP contribution >= 0.6 is 0 Å². The van der Waals surface area contributed by atoms with Crippen LogP contribution in [0, 0.1) is 0 Å². The van der Waals surface area contributed by atoms with Crippen molar-refractivity contribution in [1.82, 2.24) is 0 Å². The molecule has 0 aromatic rings. The van der Waals surface area contributed by atoms with E-state index < -0.39 is 22.9 Å². The van der Waals surface area contributed by atoms with Crippen LogP contribution in [0.25, 0.3) is 0 Å². The summed E-state index contributed by atoms with van der Waals surface area (Å²) < 4.78 is 3.50. The first kappa shape index (κ1) is 12.7. The molecule has 0 radical (unpaired) electrons. The summed E-state index contributed by atoms with van der Waals surface area (Å²) in [6.45, 7) is 0. The Balaban J connectivity index is 0.000000720. The summed E-state index contributed by atoms with van der Waals surface area (Å²) in [7, 11) is 0. The standard InChI is InChI=1S/2C5H5.2FH.Hf/c2*1-2-4-5-3-1;;;/h2*1-3H,4H2;2*1H;. The second kappa shape index (κ2) is 6.19. The number of hydrogen-bond donors (Lipinski definition) is 0. The molecule has 0 N–H and O–H groups in total. The minimum absolute atomic E-state index is 0. The van der Waals surface area contributed by atoms with E-state index in [4.69, 9.17) is 0 Å². The molecule has 70 valence electrons. The molecule has 0 unspecified atom stereocenters. The quantitative estimate of drug-likeness (QED) is 0.673. The Bertz CT molecular complexity index is 247. The first-order valence-corrected chi connectivity index (χ1v) is 7.53. The molecule has 0 saturated heterocycles. The van der Waals surface area contributed by atoms with Crippen LogP contribution in [0.1, 0.15) is 12.8 Å². The molecule has 0 aliphatic heterocycles. The predicted octanol–water partition coefficient (Wildman–Crippen LogP) is 3.06. The molecule has 0 aromatic heterocycles. The van der Waals surface area contributed by atoms with Crippen molar-refractivity contribution in [3.05, 3.63) is 43.1 Å². The van der Waals surface area contributed by atoms with Crippen LogP contribution in [0.4, 0.5) is 9.41 Å². The monoisotopic (exact) mass is 350 g/mol. The van der Waals surface area contributed by atoms with Crippen LogP contribution in [-0.4, -0.2) is 0 Å². The van der Waals surface area contributed by atoms with E-state index in [0.29, 0.717) is 0 Å².